The van der Waals surface area contributed by atoms with Crippen LogP contribution in [0.5, 0.6) is 17.2 Å². The smallest absolute Gasteiger partial charge is 0.326 e. The molecule has 4 atom stereocenters. The third-order valence-electron chi connectivity index (χ3n) is 8.11. The zero-order valence-electron chi connectivity index (χ0n) is 23.2. The van der Waals surface area contributed by atoms with E-state index in [2.05, 4.69) is 27.9 Å². The minimum Gasteiger partial charge on any atom is -0.490 e. The molecule has 0 bridgehead atoms. The van der Waals surface area contributed by atoms with Crippen LogP contribution in [0.1, 0.15) is 31.7 Å². The van der Waals surface area contributed by atoms with Crippen LogP contribution in [0.15, 0.2) is 53.1 Å². The third kappa shape index (κ3) is 5.15. The second-order valence-electron chi connectivity index (χ2n) is 10.9. The molecule has 2 aromatic rings. The Labute approximate surface area is 239 Å². The van der Waals surface area contributed by atoms with Gasteiger partial charge in [0.15, 0.2) is 11.5 Å². The van der Waals surface area contributed by atoms with E-state index in [4.69, 9.17) is 9.47 Å². The number of urea groups is 1. The van der Waals surface area contributed by atoms with Gasteiger partial charge in [0.25, 0.3) is 5.91 Å². The first-order chi connectivity index (χ1) is 19.4. The van der Waals surface area contributed by atoms with E-state index in [0.29, 0.717) is 28.8 Å². The number of anilines is 1. The molecule has 40 heavy (non-hydrogen) atoms. The summed E-state index contributed by atoms with van der Waals surface area (Å²) in [6.45, 7) is 7.19. The molecule has 0 saturated carbocycles. The van der Waals surface area contributed by atoms with Gasteiger partial charge in [-0.3, -0.25) is 9.69 Å². The fraction of sp³-hybridized carbons (Fsp3) is 0.467. The maximum Gasteiger partial charge on any atom is 0.326 e. The number of carbonyl (C=O) groups excluding carboxylic acids is 2. The van der Waals surface area contributed by atoms with Gasteiger partial charge in [-0.25, -0.2) is 4.79 Å². The Morgan fingerprint density at radius 2 is 2.00 bits per heavy atom. The van der Waals surface area contributed by atoms with Crippen LogP contribution >= 0.6 is 11.8 Å². The SMILES string of the molecule is CCOc1ccccc1Oc1ccc(N2C(=O)NC3=C(C(=O)N[C@@H]4CCCN(C)C4)SC4NCCC2C34)c(C)c1. The summed E-state index contributed by atoms with van der Waals surface area (Å²) in [6.07, 6.45) is 2.86. The van der Waals surface area contributed by atoms with Gasteiger partial charge in [-0.05, 0) is 89.1 Å². The summed E-state index contributed by atoms with van der Waals surface area (Å²) >= 11 is 1.55. The number of benzene rings is 2. The van der Waals surface area contributed by atoms with Crippen molar-refractivity contribution >= 4 is 29.4 Å². The van der Waals surface area contributed by atoms with Crippen LogP contribution in [0, 0.1) is 12.8 Å². The molecule has 4 heterocycles. The van der Waals surface area contributed by atoms with Crippen molar-refractivity contribution in [3.05, 3.63) is 58.6 Å². The molecule has 3 unspecified atom stereocenters. The van der Waals surface area contributed by atoms with Crippen molar-refractivity contribution in [1.29, 1.82) is 0 Å². The van der Waals surface area contributed by atoms with Gasteiger partial charge in [0.1, 0.15) is 5.75 Å². The lowest BCUT2D eigenvalue weighted by atomic mass is 9.86. The Morgan fingerprint density at radius 3 is 2.77 bits per heavy atom. The van der Waals surface area contributed by atoms with Crippen molar-refractivity contribution in [2.45, 2.75) is 50.6 Å². The fourth-order valence-electron chi connectivity index (χ4n) is 6.34. The molecule has 0 spiro atoms. The monoisotopic (exact) mass is 563 g/mol. The molecule has 10 heteroatoms. The highest BCUT2D eigenvalue weighted by Crippen LogP contribution is 2.48. The minimum atomic E-state index is -0.194. The van der Waals surface area contributed by atoms with E-state index in [1.807, 2.05) is 61.2 Å². The van der Waals surface area contributed by atoms with Crippen molar-refractivity contribution in [3.63, 3.8) is 0 Å². The number of amides is 3. The highest BCUT2D eigenvalue weighted by atomic mass is 32.2. The van der Waals surface area contributed by atoms with Crippen molar-refractivity contribution in [1.82, 2.24) is 20.9 Å². The molecule has 3 amide bonds. The van der Waals surface area contributed by atoms with E-state index in [0.717, 1.165) is 55.8 Å². The van der Waals surface area contributed by atoms with Crippen LogP contribution in [0.4, 0.5) is 10.5 Å². The number of carbonyl (C=O) groups is 2. The van der Waals surface area contributed by atoms with Gasteiger partial charge in [-0.2, -0.15) is 0 Å². The molecule has 2 aromatic carbocycles. The average molecular weight is 564 g/mol. The van der Waals surface area contributed by atoms with Crippen molar-refractivity contribution in [2.24, 2.45) is 5.92 Å². The van der Waals surface area contributed by atoms with E-state index in [9.17, 15) is 9.59 Å². The number of rotatable bonds is 7. The summed E-state index contributed by atoms with van der Waals surface area (Å²) in [4.78, 5) is 31.8. The molecule has 3 saturated heterocycles. The quantitative estimate of drug-likeness (QED) is 0.465. The molecule has 4 aliphatic heterocycles. The summed E-state index contributed by atoms with van der Waals surface area (Å²) in [5, 5.41) is 9.98. The van der Waals surface area contributed by atoms with E-state index in [1.165, 1.54) is 0 Å². The van der Waals surface area contributed by atoms with Crippen LogP contribution < -0.4 is 30.3 Å². The van der Waals surface area contributed by atoms with Gasteiger partial charge < -0.3 is 30.3 Å². The predicted molar refractivity (Wildman–Crippen MR) is 157 cm³/mol. The molecule has 0 aliphatic carbocycles. The first-order valence-electron chi connectivity index (χ1n) is 14.2. The van der Waals surface area contributed by atoms with Gasteiger partial charge in [0.05, 0.1) is 22.9 Å². The third-order valence-corrected chi connectivity index (χ3v) is 9.47. The standard InChI is InChI=1S/C30H37N5O4S/c1-4-38-23-9-5-6-10-24(23)39-20-11-12-21(18(2)16-20)35-22-13-14-31-29-25(22)26(33-30(35)37)27(40-29)28(36)32-19-8-7-15-34(3)17-19/h5-6,9-12,16,19,22,25,29,31H,4,7-8,13-15,17H2,1-3H3,(H,32,36)(H,33,37)/t19-,22?,25?,29?/m1/s1. The fourth-order valence-corrected chi connectivity index (χ4v) is 7.73. The lowest BCUT2D eigenvalue weighted by molar-refractivity contribution is -0.117. The van der Waals surface area contributed by atoms with Crippen LogP contribution in [0.25, 0.3) is 0 Å². The number of para-hydroxylation sites is 2. The zero-order chi connectivity index (χ0) is 27.8. The topological polar surface area (TPSA) is 95.2 Å². The summed E-state index contributed by atoms with van der Waals surface area (Å²) in [5.74, 6) is 1.96. The molecule has 0 aromatic heterocycles. The molecular weight excluding hydrogens is 526 g/mol. The largest absolute Gasteiger partial charge is 0.490 e. The number of piperidine rings is 2. The molecule has 3 N–H and O–H groups in total. The minimum absolute atomic E-state index is 0.0135. The molecular formula is C30H37N5O4S. The maximum atomic E-state index is 13.6. The van der Waals surface area contributed by atoms with Gasteiger partial charge in [0, 0.05) is 29.9 Å². The molecule has 9 nitrogen and oxygen atoms in total. The second kappa shape index (κ2) is 11.3. The Balaban J connectivity index is 1.23. The summed E-state index contributed by atoms with van der Waals surface area (Å²) < 4.78 is 11.9. The van der Waals surface area contributed by atoms with Gasteiger partial charge >= 0.3 is 6.03 Å². The zero-order valence-corrected chi connectivity index (χ0v) is 24.1. The normalized spacial score (nSPS) is 26.3. The Morgan fingerprint density at radius 1 is 1.18 bits per heavy atom. The Bertz CT molecular complexity index is 1330. The lowest BCUT2D eigenvalue weighted by Gasteiger charge is -2.46. The van der Waals surface area contributed by atoms with Crippen molar-refractivity contribution in [2.75, 3.05) is 38.2 Å². The second-order valence-corrected chi connectivity index (χ2v) is 12.1. The van der Waals surface area contributed by atoms with Crippen LogP contribution in [0.3, 0.4) is 0 Å². The van der Waals surface area contributed by atoms with Crippen LogP contribution in [0.2, 0.25) is 0 Å². The summed E-state index contributed by atoms with van der Waals surface area (Å²) in [7, 11) is 2.09. The maximum absolute atomic E-state index is 13.6. The molecule has 212 valence electrons. The lowest BCUT2D eigenvalue weighted by Crippen LogP contribution is -2.62. The first kappa shape index (κ1) is 27.0. The number of nitrogens with zero attached hydrogens (tertiary/aromatic N) is 2. The molecule has 6 rings (SSSR count). The molecule has 0 radical (unpaired) electrons. The number of thioether (sulfide) groups is 1. The summed E-state index contributed by atoms with van der Waals surface area (Å²) in [5.41, 5.74) is 2.55. The number of hydrogen-bond donors (Lipinski definition) is 3. The number of aryl methyl sites for hydroxylation is 1. The summed E-state index contributed by atoms with van der Waals surface area (Å²) in [6, 6.07) is 13.3. The number of nitrogens with one attached hydrogen (secondary N) is 3. The highest BCUT2D eigenvalue weighted by molar-refractivity contribution is 8.04. The van der Waals surface area contributed by atoms with Crippen molar-refractivity contribution < 1.29 is 19.1 Å². The van der Waals surface area contributed by atoms with E-state index < -0.39 is 0 Å². The van der Waals surface area contributed by atoms with Gasteiger partial charge in [0.2, 0.25) is 0 Å². The van der Waals surface area contributed by atoms with E-state index >= 15 is 0 Å². The van der Waals surface area contributed by atoms with Gasteiger partial charge in [-0.1, -0.05) is 23.9 Å². The van der Waals surface area contributed by atoms with E-state index in [1.54, 1.807) is 11.8 Å². The van der Waals surface area contributed by atoms with Crippen molar-refractivity contribution in [3.8, 4) is 17.2 Å². The van der Waals surface area contributed by atoms with Crippen LogP contribution in [-0.2, 0) is 4.79 Å². The predicted octanol–water partition coefficient (Wildman–Crippen LogP) is 4.19. The number of likely N-dealkylation sites (N-methyl/N-ethyl adjacent to an activating group) is 1. The number of hydrogen-bond acceptors (Lipinski definition) is 7. The number of likely N-dealkylation sites (tertiary alicyclic amines) is 1. The van der Waals surface area contributed by atoms with Crippen LogP contribution in [-0.4, -0.2) is 67.6 Å². The van der Waals surface area contributed by atoms with E-state index in [-0.39, 0.29) is 35.3 Å². The number of ether oxygens (including phenoxy) is 2. The highest BCUT2D eigenvalue weighted by Gasteiger charge is 2.52. The Kier molecular flexibility index (Phi) is 7.65. The first-order valence-corrected chi connectivity index (χ1v) is 15.0. The Hall–Kier alpha value is -3.21. The molecule has 3 fully saturated rings. The molecule has 4 aliphatic rings. The van der Waals surface area contributed by atoms with Gasteiger partial charge in [-0.15, -0.1) is 0 Å². The average Bonchev–Trinajstić information content (AvgIpc) is 3.30.